The molecule has 0 aliphatic rings. The number of carboxylic acids is 1. The summed E-state index contributed by atoms with van der Waals surface area (Å²) >= 11 is 1.13. The number of hydrogen-bond donors (Lipinski definition) is 2. The smallest absolute Gasteiger partial charge is 0.345 e. The van der Waals surface area contributed by atoms with Crippen LogP contribution < -0.4 is 5.73 Å². The molecule has 5 heteroatoms. The van der Waals surface area contributed by atoms with Crippen LogP contribution in [0.15, 0.2) is 30.3 Å². The van der Waals surface area contributed by atoms with Gasteiger partial charge in [-0.3, -0.25) is 4.79 Å². The number of thiophene rings is 1. The van der Waals surface area contributed by atoms with Crippen molar-refractivity contribution in [3.8, 4) is 10.4 Å². The predicted octanol–water partition coefficient (Wildman–Crippen LogP) is 2.52. The van der Waals surface area contributed by atoms with Crippen LogP contribution in [0.5, 0.6) is 0 Å². The summed E-state index contributed by atoms with van der Waals surface area (Å²) in [5.41, 5.74) is 7.27. The van der Waals surface area contributed by atoms with Crippen LogP contribution in [0.3, 0.4) is 0 Å². The monoisotopic (exact) mass is 261 g/mol. The Kier molecular flexibility index (Phi) is 3.16. The largest absolute Gasteiger partial charge is 0.477 e. The van der Waals surface area contributed by atoms with E-state index in [0.29, 0.717) is 11.1 Å². The average Bonchev–Trinajstić information content (AvgIpc) is 2.77. The highest BCUT2D eigenvalue weighted by Gasteiger charge is 2.15. The molecule has 4 nitrogen and oxygen atoms in total. The van der Waals surface area contributed by atoms with Gasteiger partial charge < -0.3 is 10.8 Å². The predicted molar refractivity (Wildman–Crippen MR) is 70.0 cm³/mol. The molecule has 0 aliphatic heterocycles. The molecule has 0 aliphatic carbocycles. The van der Waals surface area contributed by atoms with Crippen LogP contribution in [-0.2, 0) is 0 Å². The molecule has 0 saturated heterocycles. The summed E-state index contributed by atoms with van der Waals surface area (Å²) in [5, 5.41) is 8.90. The molecule has 18 heavy (non-hydrogen) atoms. The molecule has 1 heterocycles. The van der Waals surface area contributed by atoms with Crippen molar-refractivity contribution in [3.05, 3.63) is 46.3 Å². The van der Waals surface area contributed by atoms with Gasteiger partial charge in [0.25, 0.3) is 0 Å². The molecule has 0 spiro atoms. The highest BCUT2D eigenvalue weighted by molar-refractivity contribution is 7.17. The van der Waals surface area contributed by atoms with Crippen molar-refractivity contribution >= 4 is 23.2 Å². The third kappa shape index (κ3) is 2.12. The van der Waals surface area contributed by atoms with Crippen molar-refractivity contribution in [2.75, 3.05) is 0 Å². The lowest BCUT2D eigenvalue weighted by atomic mass is 10.0. The second-order valence-electron chi connectivity index (χ2n) is 3.83. The summed E-state index contributed by atoms with van der Waals surface area (Å²) < 4.78 is 0. The van der Waals surface area contributed by atoms with Gasteiger partial charge in [-0.15, -0.1) is 11.3 Å². The molecule has 2 aromatic rings. The lowest BCUT2D eigenvalue weighted by molar-refractivity contribution is 0.0702. The Bertz CT molecular complexity index is 631. The number of aromatic carboxylic acids is 1. The molecule has 0 radical (unpaired) electrons. The normalized spacial score (nSPS) is 10.3. The molecular formula is C13H11NO3S. The van der Waals surface area contributed by atoms with E-state index in [9.17, 15) is 9.59 Å². The maximum atomic E-state index is 11.5. The maximum Gasteiger partial charge on any atom is 0.345 e. The average molecular weight is 261 g/mol. The quantitative estimate of drug-likeness (QED) is 0.890. The van der Waals surface area contributed by atoms with E-state index in [4.69, 9.17) is 10.8 Å². The second-order valence-corrected chi connectivity index (χ2v) is 4.91. The Morgan fingerprint density at radius 3 is 2.50 bits per heavy atom. The SMILES string of the molecule is Cc1cccc(-c2ccc(C(=O)O)s2)c1C(N)=O. The minimum Gasteiger partial charge on any atom is -0.477 e. The second kappa shape index (κ2) is 4.62. The molecular weight excluding hydrogens is 250 g/mol. The fourth-order valence-corrected chi connectivity index (χ4v) is 2.67. The molecule has 1 aromatic carbocycles. The number of carboxylic acid groups (broad SMARTS) is 1. The van der Waals surface area contributed by atoms with E-state index in [2.05, 4.69) is 0 Å². The first-order valence-electron chi connectivity index (χ1n) is 5.23. The standard InChI is InChI=1S/C13H11NO3S/c1-7-3-2-4-8(11(7)12(14)15)9-5-6-10(18-9)13(16)17/h2-6H,1H3,(H2,14,15)(H,16,17). The van der Waals surface area contributed by atoms with Crippen LogP contribution in [0.25, 0.3) is 10.4 Å². The van der Waals surface area contributed by atoms with Gasteiger partial charge in [0, 0.05) is 10.4 Å². The Morgan fingerprint density at radius 2 is 1.94 bits per heavy atom. The van der Waals surface area contributed by atoms with E-state index in [-0.39, 0.29) is 4.88 Å². The first kappa shape index (κ1) is 12.3. The van der Waals surface area contributed by atoms with Crippen LogP contribution in [0.4, 0.5) is 0 Å². The van der Waals surface area contributed by atoms with Gasteiger partial charge in [-0.2, -0.15) is 0 Å². The van der Waals surface area contributed by atoms with Crippen LogP contribution in [0, 0.1) is 6.92 Å². The first-order valence-corrected chi connectivity index (χ1v) is 6.05. The lowest BCUT2D eigenvalue weighted by Crippen LogP contribution is -2.13. The van der Waals surface area contributed by atoms with Gasteiger partial charge in [-0.1, -0.05) is 18.2 Å². The van der Waals surface area contributed by atoms with Crippen molar-refractivity contribution in [2.24, 2.45) is 5.73 Å². The van der Waals surface area contributed by atoms with Crippen molar-refractivity contribution in [3.63, 3.8) is 0 Å². The topological polar surface area (TPSA) is 80.4 Å². The molecule has 0 fully saturated rings. The molecule has 92 valence electrons. The Balaban J connectivity index is 2.59. The molecule has 1 amide bonds. The maximum absolute atomic E-state index is 11.5. The fourth-order valence-electron chi connectivity index (χ4n) is 1.80. The summed E-state index contributed by atoms with van der Waals surface area (Å²) in [6, 6.07) is 8.60. The number of aryl methyl sites for hydroxylation is 1. The lowest BCUT2D eigenvalue weighted by Gasteiger charge is -2.07. The van der Waals surface area contributed by atoms with Gasteiger partial charge in [0.05, 0.1) is 5.56 Å². The van der Waals surface area contributed by atoms with Gasteiger partial charge in [0.15, 0.2) is 0 Å². The summed E-state index contributed by atoms with van der Waals surface area (Å²) in [6.07, 6.45) is 0. The number of carbonyl (C=O) groups excluding carboxylic acids is 1. The number of benzene rings is 1. The van der Waals surface area contributed by atoms with E-state index in [1.807, 2.05) is 6.07 Å². The molecule has 1 aromatic heterocycles. The third-order valence-electron chi connectivity index (χ3n) is 2.60. The summed E-state index contributed by atoms with van der Waals surface area (Å²) in [6.45, 7) is 1.80. The molecule has 2 rings (SSSR count). The van der Waals surface area contributed by atoms with Crippen molar-refractivity contribution < 1.29 is 14.7 Å². The third-order valence-corrected chi connectivity index (χ3v) is 3.71. The van der Waals surface area contributed by atoms with E-state index in [1.54, 1.807) is 25.1 Å². The van der Waals surface area contributed by atoms with Crippen LogP contribution in [0.2, 0.25) is 0 Å². The number of amides is 1. The van der Waals surface area contributed by atoms with Crippen molar-refractivity contribution in [1.82, 2.24) is 0 Å². The van der Waals surface area contributed by atoms with Crippen molar-refractivity contribution in [2.45, 2.75) is 6.92 Å². The number of carbonyl (C=O) groups is 2. The zero-order valence-electron chi connectivity index (χ0n) is 9.64. The number of rotatable bonds is 3. The minimum atomic E-state index is -0.973. The minimum absolute atomic E-state index is 0.238. The Morgan fingerprint density at radius 1 is 1.22 bits per heavy atom. The number of primary amides is 1. The molecule has 3 N–H and O–H groups in total. The fraction of sp³-hybridized carbons (Fsp3) is 0.0769. The summed E-state index contributed by atoms with van der Waals surface area (Å²) in [7, 11) is 0. The molecule has 0 unspecified atom stereocenters. The number of hydrogen-bond acceptors (Lipinski definition) is 3. The first-order chi connectivity index (χ1) is 8.50. The van der Waals surface area contributed by atoms with E-state index < -0.39 is 11.9 Å². The molecule has 0 saturated carbocycles. The zero-order chi connectivity index (χ0) is 13.3. The van der Waals surface area contributed by atoms with Gasteiger partial charge in [0.1, 0.15) is 4.88 Å². The highest BCUT2D eigenvalue weighted by atomic mass is 32.1. The van der Waals surface area contributed by atoms with Gasteiger partial charge >= 0.3 is 5.97 Å². The summed E-state index contributed by atoms with van der Waals surface area (Å²) in [4.78, 5) is 23.3. The van der Waals surface area contributed by atoms with Crippen LogP contribution in [0.1, 0.15) is 25.6 Å². The zero-order valence-corrected chi connectivity index (χ0v) is 10.5. The summed E-state index contributed by atoms with van der Waals surface area (Å²) in [5.74, 6) is -1.48. The Hall–Kier alpha value is -2.14. The van der Waals surface area contributed by atoms with Crippen LogP contribution in [-0.4, -0.2) is 17.0 Å². The highest BCUT2D eigenvalue weighted by Crippen LogP contribution is 2.32. The molecule has 0 bridgehead atoms. The number of nitrogens with two attached hydrogens (primary N) is 1. The Labute approximate surface area is 108 Å². The van der Waals surface area contributed by atoms with Crippen molar-refractivity contribution in [1.29, 1.82) is 0 Å². The van der Waals surface area contributed by atoms with Gasteiger partial charge in [-0.05, 0) is 24.6 Å². The van der Waals surface area contributed by atoms with Gasteiger partial charge in [0.2, 0.25) is 5.91 Å². The van der Waals surface area contributed by atoms with E-state index >= 15 is 0 Å². The van der Waals surface area contributed by atoms with Crippen LogP contribution >= 0.6 is 11.3 Å². The van der Waals surface area contributed by atoms with E-state index in [1.165, 1.54) is 6.07 Å². The van der Waals surface area contributed by atoms with Gasteiger partial charge in [-0.25, -0.2) is 4.79 Å². The molecule has 0 atom stereocenters. The van der Waals surface area contributed by atoms with E-state index in [0.717, 1.165) is 21.8 Å².